The molecular weight excluding hydrogens is 592 g/mol. The molecule has 0 saturated carbocycles. The minimum atomic E-state index is -1.16. The van der Waals surface area contributed by atoms with E-state index in [1.807, 2.05) is 24.3 Å². The fraction of sp³-hybridized carbons (Fsp3) is 0.419. The quantitative estimate of drug-likeness (QED) is 0.0378. The maximum atomic E-state index is 13.8. The molecule has 0 radical (unpaired) electrons. The van der Waals surface area contributed by atoms with E-state index in [4.69, 9.17) is 16.9 Å². The topological polar surface area (TPSA) is 249 Å². The maximum absolute atomic E-state index is 13.8. The van der Waals surface area contributed by atoms with E-state index in [1.54, 1.807) is 19.3 Å². The van der Waals surface area contributed by atoms with Crippen molar-refractivity contribution in [1.29, 1.82) is 5.41 Å². The Labute approximate surface area is 268 Å². The number of carbonyl (C=O) groups is 5. The highest BCUT2D eigenvalue weighted by Crippen LogP contribution is 2.19. The number of guanidine groups is 1. The van der Waals surface area contributed by atoms with E-state index in [9.17, 15) is 24.0 Å². The van der Waals surface area contributed by atoms with Gasteiger partial charge in [-0.2, -0.15) is 0 Å². The lowest BCUT2D eigenvalue weighted by molar-refractivity contribution is -0.134. The molecule has 0 aliphatic heterocycles. The first-order valence-corrected chi connectivity index (χ1v) is 14.9. The zero-order chi connectivity index (χ0) is 34.2. The van der Waals surface area contributed by atoms with Crippen molar-refractivity contribution in [2.75, 3.05) is 13.6 Å². The molecule has 0 fully saturated rings. The highest BCUT2D eigenvalue weighted by molar-refractivity contribution is 5.96. The summed E-state index contributed by atoms with van der Waals surface area (Å²) in [6, 6.07) is 2.51. The molecule has 250 valence electrons. The highest BCUT2D eigenvalue weighted by atomic mass is 16.2. The number of aromatic amines is 1. The van der Waals surface area contributed by atoms with Crippen LogP contribution in [0, 0.1) is 5.41 Å². The van der Waals surface area contributed by atoms with Gasteiger partial charge in [0.05, 0.1) is 6.04 Å². The first kappa shape index (κ1) is 37.0. The number of rotatable bonds is 20. The average molecular weight is 639 g/mol. The van der Waals surface area contributed by atoms with Crippen LogP contribution in [0.25, 0.3) is 10.9 Å². The molecule has 0 bridgehead atoms. The van der Waals surface area contributed by atoms with Gasteiger partial charge in [-0.1, -0.05) is 30.4 Å². The summed E-state index contributed by atoms with van der Waals surface area (Å²) < 4.78 is 0. The molecule has 12 N–H and O–H groups in total. The van der Waals surface area contributed by atoms with E-state index < -0.39 is 59.7 Å². The molecular formula is C31H46N10O5. The molecule has 46 heavy (non-hydrogen) atoms. The average Bonchev–Trinajstić information content (AvgIpc) is 3.42. The number of nitrogens with two attached hydrogens (primary N) is 2. The Balaban J connectivity index is 2.33. The van der Waals surface area contributed by atoms with Gasteiger partial charge in [0.1, 0.15) is 24.2 Å². The van der Waals surface area contributed by atoms with Gasteiger partial charge in [0.15, 0.2) is 5.96 Å². The molecule has 0 unspecified atom stereocenters. The van der Waals surface area contributed by atoms with Crippen molar-refractivity contribution in [3.63, 3.8) is 0 Å². The summed E-state index contributed by atoms with van der Waals surface area (Å²) in [5.74, 6) is -3.39. The molecule has 1 heterocycles. The highest BCUT2D eigenvalue weighted by Gasteiger charge is 2.31. The summed E-state index contributed by atoms with van der Waals surface area (Å²) in [5, 5.41) is 24.3. The van der Waals surface area contributed by atoms with Crippen molar-refractivity contribution >= 4 is 46.4 Å². The van der Waals surface area contributed by atoms with E-state index in [-0.39, 0.29) is 31.8 Å². The molecule has 0 spiro atoms. The summed E-state index contributed by atoms with van der Waals surface area (Å²) in [5.41, 5.74) is 12.4. The van der Waals surface area contributed by atoms with Crippen molar-refractivity contribution in [2.24, 2.45) is 11.5 Å². The predicted molar refractivity (Wildman–Crippen MR) is 176 cm³/mol. The van der Waals surface area contributed by atoms with E-state index in [2.05, 4.69) is 50.0 Å². The number of H-pyrrole nitrogens is 1. The molecule has 15 nitrogen and oxygen atoms in total. The minimum absolute atomic E-state index is 0.0540. The van der Waals surface area contributed by atoms with E-state index >= 15 is 0 Å². The van der Waals surface area contributed by atoms with Gasteiger partial charge >= 0.3 is 0 Å². The number of nitrogens with one attached hydrogen (secondary N) is 8. The molecule has 2 aromatic rings. The van der Waals surface area contributed by atoms with Gasteiger partial charge in [0, 0.05) is 30.1 Å². The number of para-hydroxylation sites is 1. The molecule has 5 amide bonds. The van der Waals surface area contributed by atoms with Crippen molar-refractivity contribution < 1.29 is 24.0 Å². The lowest BCUT2D eigenvalue weighted by atomic mass is 10.0. The summed E-state index contributed by atoms with van der Waals surface area (Å²) >= 11 is 0. The lowest BCUT2D eigenvalue weighted by Crippen LogP contribution is -2.58. The Morgan fingerprint density at radius 3 is 2.09 bits per heavy atom. The van der Waals surface area contributed by atoms with Gasteiger partial charge in [-0.3, -0.25) is 29.4 Å². The monoisotopic (exact) mass is 638 g/mol. The number of likely N-dealkylation sites (N-methyl/N-ethyl adjacent to an activating group) is 1. The Morgan fingerprint density at radius 1 is 0.870 bits per heavy atom. The first-order valence-electron chi connectivity index (χ1n) is 14.9. The fourth-order valence-corrected chi connectivity index (χ4v) is 4.68. The van der Waals surface area contributed by atoms with Gasteiger partial charge in [-0.05, 0) is 51.3 Å². The number of amides is 5. The number of hydrogen-bond donors (Lipinski definition) is 10. The Kier molecular flexibility index (Phi) is 15.0. The van der Waals surface area contributed by atoms with Crippen LogP contribution in [0.15, 0.2) is 55.8 Å². The third-order valence-corrected chi connectivity index (χ3v) is 7.23. The first-order chi connectivity index (χ1) is 21.9. The van der Waals surface area contributed by atoms with Crippen molar-refractivity contribution in [3.8, 4) is 0 Å². The second-order valence-corrected chi connectivity index (χ2v) is 10.8. The number of benzene rings is 1. The largest absolute Gasteiger partial charge is 0.370 e. The smallest absolute Gasteiger partial charge is 0.243 e. The Morgan fingerprint density at radius 2 is 1.46 bits per heavy atom. The van der Waals surface area contributed by atoms with Crippen molar-refractivity contribution in [3.05, 3.63) is 61.3 Å². The summed E-state index contributed by atoms with van der Waals surface area (Å²) in [4.78, 5) is 68.1. The van der Waals surface area contributed by atoms with Crippen LogP contribution in [-0.2, 0) is 30.4 Å². The van der Waals surface area contributed by atoms with Crippen LogP contribution in [0.1, 0.15) is 38.2 Å². The summed E-state index contributed by atoms with van der Waals surface area (Å²) in [6.07, 6.45) is 5.65. The fourth-order valence-electron chi connectivity index (χ4n) is 4.68. The molecule has 2 rings (SSSR count). The van der Waals surface area contributed by atoms with Crippen LogP contribution in [-0.4, -0.2) is 84.3 Å². The Bertz CT molecular complexity index is 1410. The van der Waals surface area contributed by atoms with Gasteiger partial charge < -0.3 is 48.4 Å². The van der Waals surface area contributed by atoms with Crippen LogP contribution in [0.4, 0.5) is 0 Å². The number of aromatic nitrogens is 1. The van der Waals surface area contributed by atoms with Crippen LogP contribution in [0.2, 0.25) is 0 Å². The molecule has 0 saturated heterocycles. The zero-order valence-electron chi connectivity index (χ0n) is 26.3. The normalized spacial score (nSPS) is 14.0. The standard InChI is InChI=1S/C31H46N10O5/c1-5-10-22(26(32)42)39-29(45)24(14-9-15-36-31(33)34)40-30(46)25(16-19-17-37-21-13-8-7-12-20(19)21)41-27(43)18(3)38-28(44)23(35-4)11-6-2/h5-8,12-13,17-18,22-25,35,37H,1-2,9-11,14-16H2,3-4H3,(H2,32,42)(H,38,44)(H,39,45)(H,40,46)(H,41,43)(H4,33,34,36)/t18-,22-,23-,24-,25-/m0/s1. The molecule has 15 heteroatoms. The minimum Gasteiger partial charge on any atom is -0.370 e. The second-order valence-electron chi connectivity index (χ2n) is 10.8. The van der Waals surface area contributed by atoms with Crippen LogP contribution >= 0.6 is 0 Å². The predicted octanol–water partition coefficient (Wildman–Crippen LogP) is -0.842. The number of hydrogen-bond acceptors (Lipinski definition) is 7. The molecule has 0 aliphatic rings. The van der Waals surface area contributed by atoms with Gasteiger partial charge in [0.25, 0.3) is 0 Å². The maximum Gasteiger partial charge on any atom is 0.243 e. The third-order valence-electron chi connectivity index (χ3n) is 7.23. The second kappa shape index (κ2) is 18.6. The summed E-state index contributed by atoms with van der Waals surface area (Å²) in [6.45, 7) is 8.96. The molecule has 1 aromatic heterocycles. The van der Waals surface area contributed by atoms with Crippen LogP contribution in [0.5, 0.6) is 0 Å². The molecule has 1 aromatic carbocycles. The summed E-state index contributed by atoms with van der Waals surface area (Å²) in [7, 11) is 1.62. The number of primary amides is 1. The number of fused-ring (bicyclic) bond motifs is 1. The molecule has 5 atom stereocenters. The molecule has 0 aliphatic carbocycles. The van der Waals surface area contributed by atoms with Crippen LogP contribution < -0.4 is 43.4 Å². The van der Waals surface area contributed by atoms with Crippen molar-refractivity contribution in [1.82, 2.24) is 36.9 Å². The van der Waals surface area contributed by atoms with Gasteiger partial charge in [0.2, 0.25) is 29.5 Å². The van der Waals surface area contributed by atoms with Crippen molar-refractivity contribution in [2.45, 2.75) is 69.2 Å². The van der Waals surface area contributed by atoms with Crippen LogP contribution in [0.3, 0.4) is 0 Å². The SMILES string of the molecule is C=CC[C@H](NC(=O)[C@H](CCCNC(=N)N)NC(=O)[C@H](Cc1c[nH]c2ccccc12)NC(=O)[C@H](C)NC(=O)[C@H](CC=C)NC)C(N)=O. The van der Waals surface area contributed by atoms with E-state index in [0.29, 0.717) is 12.8 Å². The van der Waals surface area contributed by atoms with Gasteiger partial charge in [-0.15, -0.1) is 13.2 Å². The lowest BCUT2D eigenvalue weighted by Gasteiger charge is -2.26. The Hall–Kier alpha value is -5.18. The number of carbonyl (C=O) groups excluding carboxylic acids is 5. The van der Waals surface area contributed by atoms with Gasteiger partial charge in [-0.25, -0.2) is 0 Å². The van der Waals surface area contributed by atoms with E-state index in [0.717, 1.165) is 16.5 Å². The zero-order valence-corrected chi connectivity index (χ0v) is 26.3. The van der Waals surface area contributed by atoms with E-state index in [1.165, 1.54) is 13.0 Å². The third kappa shape index (κ3) is 11.4.